The molecule has 0 saturated heterocycles. The van der Waals surface area contributed by atoms with E-state index in [0.29, 0.717) is 5.92 Å². The Balaban J connectivity index is 2.22. The number of benzene rings is 1. The molecule has 1 aliphatic carbocycles. The molecule has 0 aliphatic heterocycles. The van der Waals surface area contributed by atoms with E-state index in [1.807, 2.05) is 6.07 Å². The molecular formula is C14H17ClN2O2S. The number of nitriles is 1. The Kier molecular flexibility index (Phi) is 4.69. The van der Waals surface area contributed by atoms with Crippen molar-refractivity contribution in [3.63, 3.8) is 0 Å². The number of nitrogens with one attached hydrogen (secondary N) is 1. The van der Waals surface area contributed by atoms with Gasteiger partial charge in [-0.1, -0.05) is 31.4 Å². The maximum absolute atomic E-state index is 12.3. The third kappa shape index (κ3) is 3.32. The highest BCUT2D eigenvalue weighted by molar-refractivity contribution is 7.89. The minimum absolute atomic E-state index is 0.0248. The van der Waals surface area contributed by atoms with Crippen molar-refractivity contribution < 1.29 is 8.42 Å². The summed E-state index contributed by atoms with van der Waals surface area (Å²) in [4.78, 5) is 0.110. The van der Waals surface area contributed by atoms with Crippen molar-refractivity contribution in [1.82, 2.24) is 4.72 Å². The number of halogens is 1. The molecule has 0 heterocycles. The highest BCUT2D eigenvalue weighted by Gasteiger charge is 2.27. The zero-order valence-corrected chi connectivity index (χ0v) is 12.8. The molecule has 20 heavy (non-hydrogen) atoms. The molecule has 0 aromatic heterocycles. The van der Waals surface area contributed by atoms with Crippen LogP contribution >= 0.6 is 11.6 Å². The van der Waals surface area contributed by atoms with E-state index >= 15 is 0 Å². The molecule has 1 N–H and O–H groups in total. The highest BCUT2D eigenvalue weighted by atomic mass is 35.5. The van der Waals surface area contributed by atoms with Crippen LogP contribution in [0.5, 0.6) is 0 Å². The molecular weight excluding hydrogens is 296 g/mol. The number of nitrogens with zero attached hydrogens (tertiary/aromatic N) is 1. The first kappa shape index (κ1) is 15.3. The van der Waals surface area contributed by atoms with Crippen molar-refractivity contribution in [3.8, 4) is 6.07 Å². The molecule has 4 nitrogen and oxygen atoms in total. The lowest BCUT2D eigenvalue weighted by atomic mass is 9.87. The molecule has 0 radical (unpaired) electrons. The second kappa shape index (κ2) is 6.13. The van der Waals surface area contributed by atoms with E-state index in [9.17, 15) is 8.42 Å². The van der Waals surface area contributed by atoms with Crippen molar-refractivity contribution in [3.05, 3.63) is 28.8 Å². The van der Waals surface area contributed by atoms with E-state index in [2.05, 4.69) is 11.6 Å². The van der Waals surface area contributed by atoms with E-state index in [4.69, 9.17) is 16.9 Å². The van der Waals surface area contributed by atoms with Crippen molar-refractivity contribution in [2.45, 2.75) is 43.5 Å². The van der Waals surface area contributed by atoms with E-state index in [0.717, 1.165) is 25.7 Å². The second-order valence-corrected chi connectivity index (χ2v) is 7.36. The van der Waals surface area contributed by atoms with Crippen molar-refractivity contribution in [1.29, 1.82) is 5.26 Å². The molecule has 1 saturated carbocycles. The van der Waals surface area contributed by atoms with E-state index in [1.165, 1.54) is 18.2 Å². The van der Waals surface area contributed by atoms with Gasteiger partial charge in [-0.25, -0.2) is 13.1 Å². The first-order valence-corrected chi connectivity index (χ1v) is 8.52. The molecule has 1 aromatic rings. The van der Waals surface area contributed by atoms with Crippen LogP contribution in [0, 0.1) is 17.2 Å². The summed E-state index contributed by atoms with van der Waals surface area (Å²) in [6.07, 6.45) is 4.11. The minimum atomic E-state index is -3.58. The molecule has 0 unspecified atom stereocenters. The summed E-state index contributed by atoms with van der Waals surface area (Å²) >= 11 is 5.89. The molecule has 0 spiro atoms. The predicted molar refractivity (Wildman–Crippen MR) is 77.9 cm³/mol. The van der Waals surface area contributed by atoms with Gasteiger partial charge < -0.3 is 0 Å². The van der Waals surface area contributed by atoms with Gasteiger partial charge in [0.05, 0.1) is 15.5 Å². The van der Waals surface area contributed by atoms with Crippen LogP contribution < -0.4 is 4.72 Å². The quantitative estimate of drug-likeness (QED) is 0.932. The monoisotopic (exact) mass is 312 g/mol. The Hall–Kier alpha value is -1.09. The SMILES string of the molecule is C[C@@H]1CCCC[C@H]1NS(=O)(=O)c1ccc(C#N)c(Cl)c1. The Bertz CT molecular complexity index is 637. The topological polar surface area (TPSA) is 70.0 Å². The summed E-state index contributed by atoms with van der Waals surface area (Å²) in [5.74, 6) is 0.340. The summed E-state index contributed by atoms with van der Waals surface area (Å²) in [6, 6.07) is 6.07. The normalized spacial score (nSPS) is 23.2. The molecule has 0 bridgehead atoms. The highest BCUT2D eigenvalue weighted by Crippen LogP contribution is 2.26. The molecule has 1 aromatic carbocycles. The fraction of sp³-hybridized carbons (Fsp3) is 0.500. The van der Waals surface area contributed by atoms with E-state index < -0.39 is 10.0 Å². The average Bonchev–Trinajstić information content (AvgIpc) is 2.41. The summed E-state index contributed by atoms with van der Waals surface area (Å²) in [5.41, 5.74) is 0.275. The van der Waals surface area contributed by atoms with Gasteiger partial charge in [-0.05, 0) is 37.0 Å². The molecule has 1 fully saturated rings. The third-order valence-electron chi connectivity index (χ3n) is 3.79. The molecule has 6 heteroatoms. The number of hydrogen-bond acceptors (Lipinski definition) is 3. The van der Waals surface area contributed by atoms with Gasteiger partial charge in [0.2, 0.25) is 10.0 Å². The van der Waals surface area contributed by atoms with E-state index in [-0.39, 0.29) is 21.5 Å². The molecule has 2 rings (SSSR count). The summed E-state index contributed by atoms with van der Waals surface area (Å²) < 4.78 is 27.4. The lowest BCUT2D eigenvalue weighted by Crippen LogP contribution is -2.40. The van der Waals surface area contributed by atoms with Crippen molar-refractivity contribution >= 4 is 21.6 Å². The van der Waals surface area contributed by atoms with Crippen molar-refractivity contribution in [2.75, 3.05) is 0 Å². The minimum Gasteiger partial charge on any atom is -0.208 e. The van der Waals surface area contributed by atoms with Crippen LogP contribution in [0.25, 0.3) is 0 Å². The lowest BCUT2D eigenvalue weighted by Gasteiger charge is -2.29. The number of hydrogen-bond donors (Lipinski definition) is 1. The average molecular weight is 313 g/mol. The Morgan fingerprint density at radius 2 is 2.05 bits per heavy atom. The van der Waals surface area contributed by atoms with Crippen LogP contribution in [0.1, 0.15) is 38.2 Å². The van der Waals surface area contributed by atoms with Crippen LogP contribution in [0.4, 0.5) is 0 Å². The largest absolute Gasteiger partial charge is 0.240 e. The van der Waals surface area contributed by atoms with Gasteiger partial charge in [-0.2, -0.15) is 5.26 Å². The van der Waals surface area contributed by atoms with Gasteiger partial charge in [-0.15, -0.1) is 0 Å². The fourth-order valence-electron chi connectivity index (χ4n) is 2.51. The van der Waals surface area contributed by atoms with Gasteiger partial charge in [0.25, 0.3) is 0 Å². The zero-order valence-electron chi connectivity index (χ0n) is 11.3. The van der Waals surface area contributed by atoms with Crippen LogP contribution in [-0.4, -0.2) is 14.5 Å². The predicted octanol–water partition coefficient (Wildman–Crippen LogP) is 3.07. The summed E-state index contributed by atoms with van der Waals surface area (Å²) in [5, 5.41) is 8.97. The zero-order chi connectivity index (χ0) is 14.8. The Morgan fingerprint density at radius 1 is 1.35 bits per heavy atom. The smallest absolute Gasteiger partial charge is 0.208 e. The maximum Gasteiger partial charge on any atom is 0.240 e. The van der Waals surface area contributed by atoms with Gasteiger partial charge in [0.15, 0.2) is 0 Å². The summed E-state index contributed by atoms with van der Waals surface area (Å²) in [6.45, 7) is 2.07. The molecule has 2 atom stereocenters. The molecule has 108 valence electrons. The van der Waals surface area contributed by atoms with Gasteiger partial charge >= 0.3 is 0 Å². The number of sulfonamides is 1. The lowest BCUT2D eigenvalue weighted by molar-refractivity contribution is 0.310. The van der Waals surface area contributed by atoms with E-state index in [1.54, 1.807) is 0 Å². The fourth-order valence-corrected chi connectivity index (χ4v) is 4.20. The maximum atomic E-state index is 12.3. The third-order valence-corrected chi connectivity index (χ3v) is 5.59. The second-order valence-electron chi connectivity index (χ2n) is 5.24. The van der Waals surface area contributed by atoms with Crippen LogP contribution in [0.3, 0.4) is 0 Å². The van der Waals surface area contributed by atoms with Gasteiger partial charge in [0, 0.05) is 6.04 Å². The molecule has 0 amide bonds. The van der Waals surface area contributed by atoms with Crippen LogP contribution in [0.15, 0.2) is 23.1 Å². The Morgan fingerprint density at radius 3 is 2.65 bits per heavy atom. The number of rotatable bonds is 3. The first-order chi connectivity index (χ1) is 9.44. The first-order valence-electron chi connectivity index (χ1n) is 6.66. The van der Waals surface area contributed by atoms with Gasteiger partial charge in [0.1, 0.15) is 6.07 Å². The van der Waals surface area contributed by atoms with Gasteiger partial charge in [-0.3, -0.25) is 0 Å². The Labute approximate surface area is 124 Å². The van der Waals surface area contributed by atoms with Crippen LogP contribution in [0.2, 0.25) is 5.02 Å². The standard InChI is InChI=1S/C14H17ClN2O2S/c1-10-4-2-3-5-14(10)17-20(18,19)12-7-6-11(9-16)13(15)8-12/h6-8,10,14,17H,2-5H2,1H3/t10-,14-/m1/s1. The van der Waals surface area contributed by atoms with Crippen LogP contribution in [-0.2, 0) is 10.0 Å². The summed E-state index contributed by atoms with van der Waals surface area (Å²) in [7, 11) is -3.58. The molecule has 1 aliphatic rings. The van der Waals surface area contributed by atoms with Crippen molar-refractivity contribution in [2.24, 2.45) is 5.92 Å².